The molecule has 0 saturated heterocycles. The van der Waals surface area contributed by atoms with Crippen LogP contribution in [0.4, 0.5) is 0 Å². The molecule has 1 aromatic heterocycles. The average Bonchev–Trinajstić information content (AvgIpc) is 3.28. The van der Waals surface area contributed by atoms with E-state index < -0.39 is 6.04 Å². The zero-order chi connectivity index (χ0) is 22.1. The Balaban J connectivity index is 1.65. The van der Waals surface area contributed by atoms with Gasteiger partial charge in [0.2, 0.25) is 5.91 Å². The van der Waals surface area contributed by atoms with Gasteiger partial charge in [0, 0.05) is 24.5 Å². The van der Waals surface area contributed by atoms with Gasteiger partial charge >= 0.3 is 0 Å². The molecule has 0 aliphatic rings. The third-order valence-electron chi connectivity index (χ3n) is 4.98. The lowest BCUT2D eigenvalue weighted by Crippen LogP contribution is -2.47. The number of amides is 2. The Morgan fingerprint density at radius 3 is 2.61 bits per heavy atom. The van der Waals surface area contributed by atoms with E-state index in [2.05, 4.69) is 15.7 Å². The van der Waals surface area contributed by atoms with E-state index >= 15 is 0 Å². The number of benzene rings is 2. The molecule has 1 atom stereocenters. The number of carbonyl (C=O) groups is 2. The van der Waals surface area contributed by atoms with Gasteiger partial charge in [-0.1, -0.05) is 42.0 Å². The molecule has 0 radical (unpaired) electrons. The second-order valence-electron chi connectivity index (χ2n) is 7.37. The highest BCUT2D eigenvalue weighted by Crippen LogP contribution is 2.11. The molecule has 0 aliphatic heterocycles. The van der Waals surface area contributed by atoms with Crippen LogP contribution in [-0.4, -0.2) is 39.6 Å². The van der Waals surface area contributed by atoms with Gasteiger partial charge in [0.1, 0.15) is 6.04 Å². The smallest absolute Gasteiger partial charge is 0.251 e. The van der Waals surface area contributed by atoms with E-state index in [1.807, 2.05) is 72.6 Å². The third kappa shape index (κ3) is 6.72. The van der Waals surface area contributed by atoms with E-state index in [4.69, 9.17) is 0 Å². The largest absolute Gasteiger partial charge is 0.350 e. The average molecular weight is 437 g/mol. The number of carbonyl (C=O) groups excluding carboxylic acids is 2. The summed E-state index contributed by atoms with van der Waals surface area (Å²) in [6, 6.07) is 16.6. The van der Waals surface area contributed by atoms with Crippen molar-refractivity contribution in [3.63, 3.8) is 0 Å². The fraction of sp³-hybridized carbons (Fsp3) is 0.292. The second kappa shape index (κ2) is 11.4. The summed E-state index contributed by atoms with van der Waals surface area (Å²) < 4.78 is 1.85. The summed E-state index contributed by atoms with van der Waals surface area (Å²) in [5.74, 6) is 0.371. The zero-order valence-corrected chi connectivity index (χ0v) is 18.7. The van der Waals surface area contributed by atoms with Crippen molar-refractivity contribution in [2.75, 3.05) is 12.0 Å². The first-order valence-electron chi connectivity index (χ1n) is 10.2. The van der Waals surface area contributed by atoms with Crippen LogP contribution in [0.5, 0.6) is 0 Å². The van der Waals surface area contributed by atoms with Crippen molar-refractivity contribution >= 4 is 23.6 Å². The second-order valence-corrected chi connectivity index (χ2v) is 8.35. The molecule has 162 valence electrons. The standard InChI is InChI=1S/C24H28N4O2S/c1-18-7-5-10-19(15-18)23(29)27-22(11-14-31-2)24(30)25-16-20-8-3-4-9-21(20)17-28-13-6-12-26-28/h3-10,12-13,15,22H,11,14,16-17H2,1-2H3,(H,25,30)(H,27,29). The van der Waals surface area contributed by atoms with Crippen LogP contribution in [0.15, 0.2) is 67.0 Å². The van der Waals surface area contributed by atoms with Crippen LogP contribution in [0, 0.1) is 6.92 Å². The maximum Gasteiger partial charge on any atom is 0.251 e. The van der Waals surface area contributed by atoms with Crippen LogP contribution < -0.4 is 10.6 Å². The first kappa shape index (κ1) is 22.6. The molecule has 3 aromatic rings. The molecule has 1 unspecified atom stereocenters. The Bertz CT molecular complexity index is 1000. The molecule has 0 aliphatic carbocycles. The van der Waals surface area contributed by atoms with Gasteiger partial charge in [0.05, 0.1) is 6.54 Å². The maximum absolute atomic E-state index is 12.9. The van der Waals surface area contributed by atoms with Gasteiger partial charge < -0.3 is 10.6 Å². The van der Waals surface area contributed by atoms with Gasteiger partial charge in [-0.25, -0.2) is 0 Å². The molecule has 2 amide bonds. The normalized spacial score (nSPS) is 11.7. The van der Waals surface area contributed by atoms with Crippen molar-refractivity contribution in [3.05, 3.63) is 89.2 Å². The lowest BCUT2D eigenvalue weighted by molar-refractivity contribution is -0.123. The Morgan fingerprint density at radius 1 is 1.10 bits per heavy atom. The number of rotatable bonds is 10. The van der Waals surface area contributed by atoms with Gasteiger partial charge in [0.25, 0.3) is 5.91 Å². The van der Waals surface area contributed by atoms with Gasteiger partial charge in [-0.2, -0.15) is 16.9 Å². The van der Waals surface area contributed by atoms with E-state index in [-0.39, 0.29) is 11.8 Å². The topological polar surface area (TPSA) is 76.0 Å². The highest BCUT2D eigenvalue weighted by Gasteiger charge is 2.21. The van der Waals surface area contributed by atoms with Gasteiger partial charge in [-0.3, -0.25) is 14.3 Å². The van der Waals surface area contributed by atoms with E-state index in [0.717, 1.165) is 22.4 Å². The molecule has 0 saturated carbocycles. The van der Waals surface area contributed by atoms with Crippen molar-refractivity contribution in [1.29, 1.82) is 0 Å². The molecule has 2 N–H and O–H groups in total. The SMILES string of the molecule is CSCCC(NC(=O)c1cccc(C)c1)C(=O)NCc1ccccc1Cn1cccn1. The number of hydrogen-bond donors (Lipinski definition) is 2. The first-order valence-corrected chi connectivity index (χ1v) is 11.6. The number of thioether (sulfide) groups is 1. The third-order valence-corrected chi connectivity index (χ3v) is 5.62. The molecule has 3 rings (SSSR count). The fourth-order valence-electron chi connectivity index (χ4n) is 3.29. The molecule has 0 spiro atoms. The predicted octanol–water partition coefficient (Wildman–Crippen LogP) is 3.41. The Morgan fingerprint density at radius 2 is 1.90 bits per heavy atom. The van der Waals surface area contributed by atoms with Gasteiger partial charge in [-0.05, 0) is 54.7 Å². The highest BCUT2D eigenvalue weighted by molar-refractivity contribution is 7.98. The summed E-state index contributed by atoms with van der Waals surface area (Å²) in [7, 11) is 0. The van der Waals surface area contributed by atoms with Crippen LogP contribution in [0.1, 0.15) is 33.5 Å². The molecule has 1 heterocycles. The number of nitrogens with zero attached hydrogens (tertiary/aromatic N) is 2. The minimum Gasteiger partial charge on any atom is -0.350 e. The number of hydrogen-bond acceptors (Lipinski definition) is 4. The molecule has 6 nitrogen and oxygen atoms in total. The molecule has 0 bridgehead atoms. The minimum atomic E-state index is -0.585. The summed E-state index contributed by atoms with van der Waals surface area (Å²) in [4.78, 5) is 25.6. The summed E-state index contributed by atoms with van der Waals surface area (Å²) >= 11 is 1.65. The lowest BCUT2D eigenvalue weighted by atomic mass is 10.1. The van der Waals surface area contributed by atoms with Gasteiger partial charge in [0.15, 0.2) is 0 Å². The van der Waals surface area contributed by atoms with Crippen LogP contribution in [0.25, 0.3) is 0 Å². The van der Waals surface area contributed by atoms with Crippen molar-refractivity contribution in [2.24, 2.45) is 0 Å². The van der Waals surface area contributed by atoms with E-state index in [9.17, 15) is 9.59 Å². The van der Waals surface area contributed by atoms with Crippen LogP contribution in [0.2, 0.25) is 0 Å². The fourth-order valence-corrected chi connectivity index (χ4v) is 3.76. The molecule has 31 heavy (non-hydrogen) atoms. The molecule has 2 aromatic carbocycles. The van der Waals surface area contributed by atoms with Crippen molar-refractivity contribution in [3.8, 4) is 0 Å². The zero-order valence-electron chi connectivity index (χ0n) is 17.9. The summed E-state index contributed by atoms with van der Waals surface area (Å²) in [6.45, 7) is 2.97. The summed E-state index contributed by atoms with van der Waals surface area (Å²) in [5.41, 5.74) is 3.69. The number of aryl methyl sites for hydroxylation is 1. The molecular formula is C24H28N4O2S. The van der Waals surface area contributed by atoms with Gasteiger partial charge in [-0.15, -0.1) is 0 Å². The Labute approximate surface area is 187 Å². The van der Waals surface area contributed by atoms with Crippen molar-refractivity contribution < 1.29 is 9.59 Å². The number of aromatic nitrogens is 2. The molecular weight excluding hydrogens is 408 g/mol. The Hall–Kier alpha value is -3.06. The monoisotopic (exact) mass is 436 g/mol. The van der Waals surface area contributed by atoms with E-state index in [1.54, 1.807) is 24.0 Å². The minimum absolute atomic E-state index is 0.177. The molecule has 7 heteroatoms. The van der Waals surface area contributed by atoms with Crippen LogP contribution in [-0.2, 0) is 17.9 Å². The van der Waals surface area contributed by atoms with Crippen molar-refractivity contribution in [1.82, 2.24) is 20.4 Å². The maximum atomic E-state index is 12.9. The van der Waals surface area contributed by atoms with E-state index in [0.29, 0.717) is 25.1 Å². The quantitative estimate of drug-likeness (QED) is 0.511. The number of nitrogens with one attached hydrogen (secondary N) is 2. The van der Waals surface area contributed by atoms with Crippen LogP contribution >= 0.6 is 11.8 Å². The highest BCUT2D eigenvalue weighted by atomic mass is 32.2. The molecule has 0 fully saturated rings. The summed E-state index contributed by atoms with van der Waals surface area (Å²) in [5, 5.41) is 10.2. The Kier molecular flexibility index (Phi) is 8.29. The summed E-state index contributed by atoms with van der Waals surface area (Å²) in [6.07, 6.45) is 6.22. The van der Waals surface area contributed by atoms with E-state index in [1.165, 1.54) is 0 Å². The predicted molar refractivity (Wildman–Crippen MR) is 125 cm³/mol. The van der Waals surface area contributed by atoms with Crippen LogP contribution in [0.3, 0.4) is 0 Å². The van der Waals surface area contributed by atoms with Crippen molar-refractivity contribution in [2.45, 2.75) is 32.5 Å². The lowest BCUT2D eigenvalue weighted by Gasteiger charge is -2.19. The first-order chi connectivity index (χ1) is 15.1.